The van der Waals surface area contributed by atoms with Gasteiger partial charge in [0, 0.05) is 12.4 Å². The molecule has 0 saturated carbocycles. The van der Waals surface area contributed by atoms with Crippen LogP contribution in [-0.4, -0.2) is 20.5 Å². The molecule has 3 N–H and O–H groups in total. The Kier molecular flexibility index (Phi) is 2.98. The number of amides is 1. The van der Waals surface area contributed by atoms with Crippen LogP contribution < -0.4 is 11.1 Å². The first-order chi connectivity index (χ1) is 10.1. The third-order valence-corrected chi connectivity index (χ3v) is 2.93. The molecule has 0 bridgehead atoms. The predicted octanol–water partition coefficient (Wildman–Crippen LogP) is 1.84. The molecule has 1 aromatic carbocycles. The first-order valence-electron chi connectivity index (χ1n) is 5.90. The summed E-state index contributed by atoms with van der Waals surface area (Å²) < 4.78 is 28.3. The fourth-order valence-corrected chi connectivity index (χ4v) is 1.88. The van der Waals surface area contributed by atoms with Crippen LogP contribution in [-0.2, 0) is 0 Å². The summed E-state index contributed by atoms with van der Waals surface area (Å²) in [7, 11) is 0. The van der Waals surface area contributed by atoms with Crippen molar-refractivity contribution in [1.29, 1.82) is 0 Å². The highest BCUT2D eigenvalue weighted by atomic mass is 19.2. The summed E-state index contributed by atoms with van der Waals surface area (Å²) in [5, 5.41) is 6.21. The molecule has 0 unspecified atom stereocenters. The molecule has 0 atom stereocenters. The lowest BCUT2D eigenvalue weighted by molar-refractivity contribution is 0.102. The maximum absolute atomic E-state index is 13.7. The van der Waals surface area contributed by atoms with Gasteiger partial charge in [0.05, 0.1) is 29.2 Å². The van der Waals surface area contributed by atoms with Crippen LogP contribution in [0.25, 0.3) is 5.52 Å². The molecule has 1 amide bonds. The second-order valence-corrected chi connectivity index (χ2v) is 4.24. The van der Waals surface area contributed by atoms with E-state index < -0.39 is 23.2 Å². The molecule has 106 valence electrons. The van der Waals surface area contributed by atoms with Crippen LogP contribution in [0.3, 0.4) is 0 Å². The minimum atomic E-state index is -1.21. The molecule has 8 heteroatoms. The predicted molar refractivity (Wildman–Crippen MR) is 71.7 cm³/mol. The average molecular weight is 289 g/mol. The number of benzene rings is 1. The summed E-state index contributed by atoms with van der Waals surface area (Å²) in [5.41, 5.74) is 5.69. The Morgan fingerprint density at radius 2 is 2.10 bits per heavy atom. The first-order valence-corrected chi connectivity index (χ1v) is 5.90. The van der Waals surface area contributed by atoms with E-state index in [1.807, 2.05) is 0 Å². The van der Waals surface area contributed by atoms with Gasteiger partial charge in [-0.3, -0.25) is 9.78 Å². The fourth-order valence-electron chi connectivity index (χ4n) is 1.88. The monoisotopic (exact) mass is 289 g/mol. The molecule has 0 aliphatic heterocycles. The summed E-state index contributed by atoms with van der Waals surface area (Å²) in [6.07, 6.45) is 5.81. The van der Waals surface area contributed by atoms with Crippen LogP contribution in [0.4, 0.5) is 20.2 Å². The summed E-state index contributed by atoms with van der Waals surface area (Å²) in [4.78, 5) is 16.1. The zero-order valence-electron chi connectivity index (χ0n) is 10.5. The lowest BCUT2D eigenvalue weighted by Crippen LogP contribution is -2.15. The van der Waals surface area contributed by atoms with Crippen molar-refractivity contribution in [2.24, 2.45) is 0 Å². The van der Waals surface area contributed by atoms with Crippen molar-refractivity contribution < 1.29 is 13.6 Å². The highest BCUT2D eigenvalue weighted by molar-refractivity contribution is 6.09. The van der Waals surface area contributed by atoms with Crippen LogP contribution in [0.15, 0.2) is 36.9 Å². The van der Waals surface area contributed by atoms with E-state index in [9.17, 15) is 13.6 Å². The van der Waals surface area contributed by atoms with Crippen molar-refractivity contribution in [1.82, 2.24) is 14.6 Å². The van der Waals surface area contributed by atoms with Crippen molar-refractivity contribution >= 4 is 22.8 Å². The number of aromatic nitrogens is 3. The molecule has 21 heavy (non-hydrogen) atoms. The van der Waals surface area contributed by atoms with E-state index in [0.717, 1.165) is 6.07 Å². The highest BCUT2D eigenvalue weighted by Crippen LogP contribution is 2.25. The van der Waals surface area contributed by atoms with Gasteiger partial charge in [0.1, 0.15) is 5.69 Å². The van der Waals surface area contributed by atoms with Crippen molar-refractivity contribution in [3.63, 3.8) is 0 Å². The zero-order valence-corrected chi connectivity index (χ0v) is 10.5. The minimum Gasteiger partial charge on any atom is -0.397 e. The standard InChI is InChI=1S/C13H9F2N5O/c14-8-1-2-9(16)12(11(8)15)19-13(21)7-5-18-20-4-3-17-6-10(7)20/h1-6H,16H2,(H,19,21). The van der Waals surface area contributed by atoms with E-state index in [1.165, 1.54) is 29.2 Å². The number of nitrogen functional groups attached to an aromatic ring is 1. The van der Waals surface area contributed by atoms with Gasteiger partial charge in [-0.2, -0.15) is 5.10 Å². The number of hydrogen-bond donors (Lipinski definition) is 2. The molecule has 6 nitrogen and oxygen atoms in total. The molecular formula is C13H9F2N5O. The Hall–Kier alpha value is -3.03. The van der Waals surface area contributed by atoms with E-state index in [4.69, 9.17) is 5.73 Å². The lowest BCUT2D eigenvalue weighted by atomic mass is 10.2. The molecule has 0 spiro atoms. The molecule has 2 heterocycles. The number of rotatable bonds is 2. The third kappa shape index (κ3) is 2.16. The molecular weight excluding hydrogens is 280 g/mol. The Labute approximate surface area is 117 Å². The minimum absolute atomic E-state index is 0.0724. The number of hydrogen-bond acceptors (Lipinski definition) is 4. The number of nitrogens with two attached hydrogens (primary N) is 1. The molecule has 0 saturated heterocycles. The maximum Gasteiger partial charge on any atom is 0.259 e. The largest absolute Gasteiger partial charge is 0.397 e. The van der Waals surface area contributed by atoms with E-state index in [1.54, 1.807) is 6.20 Å². The van der Waals surface area contributed by atoms with Crippen LogP contribution in [0, 0.1) is 11.6 Å². The smallest absolute Gasteiger partial charge is 0.259 e. The Morgan fingerprint density at radius 1 is 1.29 bits per heavy atom. The number of nitrogens with one attached hydrogen (secondary N) is 1. The molecule has 0 aliphatic rings. The Morgan fingerprint density at radius 3 is 2.90 bits per heavy atom. The molecule has 3 aromatic rings. The molecule has 0 aliphatic carbocycles. The number of nitrogens with zero attached hydrogens (tertiary/aromatic N) is 3. The van der Waals surface area contributed by atoms with Crippen LogP contribution in [0.2, 0.25) is 0 Å². The highest BCUT2D eigenvalue weighted by Gasteiger charge is 2.18. The van der Waals surface area contributed by atoms with Crippen LogP contribution >= 0.6 is 0 Å². The quantitative estimate of drug-likeness (QED) is 0.705. The number of halogens is 2. The molecule has 3 rings (SSSR count). The van der Waals surface area contributed by atoms with Gasteiger partial charge in [0.15, 0.2) is 11.6 Å². The summed E-state index contributed by atoms with van der Waals surface area (Å²) in [5.74, 6) is -2.96. The van der Waals surface area contributed by atoms with Crippen LogP contribution in [0.1, 0.15) is 10.4 Å². The zero-order chi connectivity index (χ0) is 15.0. The average Bonchev–Trinajstić information content (AvgIpc) is 2.91. The van der Waals surface area contributed by atoms with Gasteiger partial charge in [-0.05, 0) is 12.1 Å². The van der Waals surface area contributed by atoms with Crippen molar-refractivity contribution in [2.75, 3.05) is 11.1 Å². The summed E-state index contributed by atoms with van der Waals surface area (Å²) >= 11 is 0. The summed E-state index contributed by atoms with van der Waals surface area (Å²) in [6.45, 7) is 0. The van der Waals surface area contributed by atoms with E-state index >= 15 is 0 Å². The fraction of sp³-hybridized carbons (Fsp3) is 0. The van der Waals surface area contributed by atoms with E-state index in [2.05, 4.69) is 15.4 Å². The van der Waals surface area contributed by atoms with Crippen molar-refractivity contribution in [3.8, 4) is 0 Å². The van der Waals surface area contributed by atoms with Gasteiger partial charge in [-0.15, -0.1) is 0 Å². The Bertz CT molecular complexity index is 846. The van der Waals surface area contributed by atoms with Crippen LogP contribution in [0.5, 0.6) is 0 Å². The van der Waals surface area contributed by atoms with E-state index in [0.29, 0.717) is 5.52 Å². The third-order valence-electron chi connectivity index (χ3n) is 2.93. The second kappa shape index (κ2) is 4.82. The van der Waals surface area contributed by atoms with Gasteiger partial charge in [-0.1, -0.05) is 0 Å². The number of fused-ring (bicyclic) bond motifs is 1. The number of anilines is 2. The topological polar surface area (TPSA) is 85.3 Å². The summed E-state index contributed by atoms with van der Waals surface area (Å²) in [6, 6.07) is 2.06. The maximum atomic E-state index is 13.7. The van der Waals surface area contributed by atoms with Gasteiger partial charge in [0.25, 0.3) is 5.91 Å². The second-order valence-electron chi connectivity index (χ2n) is 4.24. The van der Waals surface area contributed by atoms with E-state index in [-0.39, 0.29) is 11.3 Å². The molecule has 2 aromatic heterocycles. The SMILES string of the molecule is Nc1ccc(F)c(F)c1NC(=O)c1cnn2ccncc12. The van der Waals surface area contributed by atoms with Crippen molar-refractivity contribution in [2.45, 2.75) is 0 Å². The number of carbonyl (C=O) groups is 1. The molecule has 0 radical (unpaired) electrons. The van der Waals surface area contributed by atoms with Gasteiger partial charge in [-0.25, -0.2) is 13.3 Å². The van der Waals surface area contributed by atoms with Gasteiger partial charge in [0.2, 0.25) is 0 Å². The van der Waals surface area contributed by atoms with Gasteiger partial charge >= 0.3 is 0 Å². The first kappa shape index (κ1) is 13.0. The number of carbonyl (C=O) groups excluding carboxylic acids is 1. The van der Waals surface area contributed by atoms with Crippen molar-refractivity contribution in [3.05, 3.63) is 54.1 Å². The Balaban J connectivity index is 1.99. The molecule has 0 fully saturated rings. The lowest BCUT2D eigenvalue weighted by Gasteiger charge is -2.09. The normalized spacial score (nSPS) is 10.8. The van der Waals surface area contributed by atoms with Gasteiger partial charge < -0.3 is 11.1 Å².